The molecular weight excluding hydrogens is 340 g/mol. The van der Waals surface area contributed by atoms with Crippen molar-refractivity contribution in [2.45, 2.75) is 17.7 Å². The maximum Gasteiger partial charge on any atom is 0.244 e. The Balaban J connectivity index is 1.96. The van der Waals surface area contributed by atoms with E-state index in [-0.39, 0.29) is 17.4 Å². The predicted molar refractivity (Wildman–Crippen MR) is 87.3 cm³/mol. The normalized spacial score (nSPS) is 18.0. The lowest BCUT2D eigenvalue weighted by Gasteiger charge is -2.30. The minimum atomic E-state index is -3.65. The second-order valence-electron chi connectivity index (χ2n) is 5.61. The average molecular weight is 362 g/mol. The molecule has 0 aromatic heterocycles. The van der Waals surface area contributed by atoms with Gasteiger partial charge in [-0.05, 0) is 30.9 Å². The summed E-state index contributed by atoms with van der Waals surface area (Å²) >= 11 is 0. The molecule has 1 N–H and O–H groups in total. The zero-order valence-corrected chi connectivity index (χ0v) is 14.9. The molecule has 1 fully saturated rings. The highest BCUT2D eigenvalue weighted by Crippen LogP contribution is 2.24. The number of nitrogens with one attached hydrogen (secondary N) is 1. The van der Waals surface area contributed by atoms with Crippen LogP contribution in [-0.2, 0) is 20.0 Å². The van der Waals surface area contributed by atoms with Crippen molar-refractivity contribution in [2.75, 3.05) is 33.0 Å². The van der Waals surface area contributed by atoms with Crippen LogP contribution in [0.5, 0.6) is 5.75 Å². The number of hydrogen-bond acceptors (Lipinski definition) is 5. The van der Waals surface area contributed by atoms with E-state index in [1.54, 1.807) is 18.2 Å². The fraction of sp³-hybridized carbons (Fsp3) is 0.571. The summed E-state index contributed by atoms with van der Waals surface area (Å²) in [5.74, 6) is 0.421. The molecule has 1 aliphatic rings. The van der Waals surface area contributed by atoms with E-state index >= 15 is 0 Å². The van der Waals surface area contributed by atoms with E-state index in [1.807, 2.05) is 0 Å². The molecule has 0 radical (unpaired) electrons. The minimum Gasteiger partial charge on any atom is -0.495 e. The van der Waals surface area contributed by atoms with Gasteiger partial charge >= 0.3 is 0 Å². The van der Waals surface area contributed by atoms with Gasteiger partial charge in [-0.1, -0.05) is 12.1 Å². The van der Waals surface area contributed by atoms with Crippen LogP contribution in [0.25, 0.3) is 0 Å². The molecule has 1 aliphatic heterocycles. The Morgan fingerprint density at radius 1 is 1.17 bits per heavy atom. The quantitative estimate of drug-likeness (QED) is 0.802. The number of piperidine rings is 1. The summed E-state index contributed by atoms with van der Waals surface area (Å²) in [4.78, 5) is 0.107. The van der Waals surface area contributed by atoms with Crippen molar-refractivity contribution in [3.8, 4) is 5.75 Å². The first-order chi connectivity index (χ1) is 10.7. The summed E-state index contributed by atoms with van der Waals surface area (Å²) < 4.78 is 56.8. The molecule has 0 atom stereocenters. The van der Waals surface area contributed by atoms with Gasteiger partial charge < -0.3 is 4.74 Å². The number of para-hydroxylation sites is 1. The third-order valence-electron chi connectivity index (χ3n) is 3.96. The monoisotopic (exact) mass is 362 g/mol. The maximum absolute atomic E-state index is 12.4. The van der Waals surface area contributed by atoms with Crippen molar-refractivity contribution in [1.29, 1.82) is 0 Å². The summed E-state index contributed by atoms with van der Waals surface area (Å²) in [5, 5.41) is 0. The highest BCUT2D eigenvalue weighted by Gasteiger charge is 2.26. The molecule has 2 rings (SSSR count). The third kappa shape index (κ3) is 4.66. The Labute approximate surface area is 137 Å². The van der Waals surface area contributed by atoms with E-state index in [9.17, 15) is 16.8 Å². The number of methoxy groups -OCH3 is 1. The van der Waals surface area contributed by atoms with Gasteiger partial charge in [-0.2, -0.15) is 0 Å². The number of benzene rings is 1. The topological polar surface area (TPSA) is 92.8 Å². The lowest BCUT2D eigenvalue weighted by atomic mass is 9.99. The van der Waals surface area contributed by atoms with Crippen LogP contribution < -0.4 is 9.46 Å². The fourth-order valence-corrected chi connectivity index (χ4v) is 4.75. The number of hydrogen-bond donors (Lipinski definition) is 1. The van der Waals surface area contributed by atoms with Crippen molar-refractivity contribution >= 4 is 20.0 Å². The summed E-state index contributed by atoms with van der Waals surface area (Å²) in [6, 6.07) is 6.44. The first-order valence-electron chi connectivity index (χ1n) is 7.32. The smallest absolute Gasteiger partial charge is 0.244 e. The van der Waals surface area contributed by atoms with Gasteiger partial charge in [-0.15, -0.1) is 0 Å². The third-order valence-corrected chi connectivity index (χ3v) is 6.73. The first-order valence-corrected chi connectivity index (χ1v) is 10.6. The van der Waals surface area contributed by atoms with Crippen LogP contribution in [0.1, 0.15) is 12.8 Å². The van der Waals surface area contributed by atoms with E-state index in [0.29, 0.717) is 31.7 Å². The number of rotatable bonds is 6. The Bertz CT molecular complexity index is 738. The van der Waals surface area contributed by atoms with Crippen LogP contribution in [-0.4, -0.2) is 54.1 Å². The lowest BCUT2D eigenvalue weighted by Crippen LogP contribution is -2.41. The van der Waals surface area contributed by atoms with Gasteiger partial charge in [0.05, 0.1) is 13.4 Å². The van der Waals surface area contributed by atoms with Crippen LogP contribution in [0.2, 0.25) is 0 Å². The Hall–Kier alpha value is -1.16. The SMILES string of the molecule is COc1ccccc1S(=O)(=O)NCC1CCN(S(C)(=O)=O)CC1. The van der Waals surface area contributed by atoms with Gasteiger partial charge in [0.2, 0.25) is 20.0 Å². The van der Waals surface area contributed by atoms with Gasteiger partial charge in [-0.3, -0.25) is 0 Å². The van der Waals surface area contributed by atoms with Crippen molar-refractivity contribution < 1.29 is 21.6 Å². The van der Waals surface area contributed by atoms with E-state index in [0.717, 1.165) is 0 Å². The molecule has 7 nitrogen and oxygen atoms in total. The second-order valence-corrected chi connectivity index (χ2v) is 9.33. The van der Waals surface area contributed by atoms with Crippen LogP contribution in [0.3, 0.4) is 0 Å². The van der Waals surface area contributed by atoms with Crippen molar-refractivity contribution in [2.24, 2.45) is 5.92 Å². The molecule has 1 heterocycles. The zero-order valence-electron chi connectivity index (χ0n) is 13.2. The van der Waals surface area contributed by atoms with Crippen molar-refractivity contribution in [3.05, 3.63) is 24.3 Å². The second kappa shape index (κ2) is 7.16. The number of sulfonamides is 2. The Kier molecular flexibility index (Phi) is 5.66. The van der Waals surface area contributed by atoms with Gasteiger partial charge in [0, 0.05) is 19.6 Å². The maximum atomic E-state index is 12.4. The van der Waals surface area contributed by atoms with Crippen LogP contribution in [0, 0.1) is 5.92 Å². The Morgan fingerprint density at radius 2 is 1.78 bits per heavy atom. The van der Waals surface area contributed by atoms with E-state index < -0.39 is 20.0 Å². The van der Waals surface area contributed by atoms with Gasteiger partial charge in [0.1, 0.15) is 10.6 Å². The fourth-order valence-electron chi connectivity index (χ4n) is 2.59. The standard InChI is InChI=1S/C14H22N2O5S2/c1-21-13-5-3-4-6-14(13)23(19,20)15-11-12-7-9-16(10-8-12)22(2,17)18/h3-6,12,15H,7-11H2,1-2H3. The van der Waals surface area contributed by atoms with Gasteiger partial charge in [0.25, 0.3) is 0 Å². The van der Waals surface area contributed by atoms with E-state index in [4.69, 9.17) is 4.74 Å². The average Bonchev–Trinajstić information content (AvgIpc) is 2.52. The molecule has 0 saturated carbocycles. The summed E-state index contributed by atoms with van der Waals surface area (Å²) in [6.07, 6.45) is 2.47. The molecule has 23 heavy (non-hydrogen) atoms. The molecule has 9 heteroatoms. The van der Waals surface area contributed by atoms with Crippen molar-refractivity contribution in [1.82, 2.24) is 9.03 Å². The first kappa shape index (κ1) is 18.2. The molecule has 0 aliphatic carbocycles. The van der Waals surface area contributed by atoms with Crippen LogP contribution in [0.15, 0.2) is 29.2 Å². The van der Waals surface area contributed by atoms with Crippen LogP contribution in [0.4, 0.5) is 0 Å². The highest BCUT2D eigenvalue weighted by atomic mass is 32.2. The highest BCUT2D eigenvalue weighted by molar-refractivity contribution is 7.89. The molecule has 0 bridgehead atoms. The molecule has 1 saturated heterocycles. The van der Waals surface area contributed by atoms with Crippen LogP contribution >= 0.6 is 0 Å². The van der Waals surface area contributed by atoms with Gasteiger partial charge in [-0.25, -0.2) is 25.9 Å². The molecule has 0 unspecified atom stereocenters. The van der Waals surface area contributed by atoms with E-state index in [2.05, 4.69) is 4.72 Å². The molecular formula is C14H22N2O5S2. The number of ether oxygens (including phenoxy) is 1. The summed E-state index contributed by atoms with van der Waals surface area (Å²) in [6.45, 7) is 1.15. The summed E-state index contributed by atoms with van der Waals surface area (Å²) in [7, 11) is -5.39. The molecule has 1 aromatic carbocycles. The zero-order chi connectivity index (χ0) is 17.1. The largest absolute Gasteiger partial charge is 0.495 e. The van der Waals surface area contributed by atoms with Crippen molar-refractivity contribution in [3.63, 3.8) is 0 Å². The molecule has 0 spiro atoms. The molecule has 1 aromatic rings. The summed E-state index contributed by atoms with van der Waals surface area (Å²) in [5.41, 5.74) is 0. The Morgan fingerprint density at radius 3 is 2.35 bits per heavy atom. The lowest BCUT2D eigenvalue weighted by molar-refractivity contribution is 0.275. The van der Waals surface area contributed by atoms with E-state index in [1.165, 1.54) is 23.7 Å². The number of nitrogens with zero attached hydrogens (tertiary/aromatic N) is 1. The minimum absolute atomic E-state index is 0.107. The van der Waals surface area contributed by atoms with Gasteiger partial charge in [0.15, 0.2) is 0 Å². The molecule has 130 valence electrons. The molecule has 0 amide bonds. The predicted octanol–water partition coefficient (Wildman–Crippen LogP) is 0.645.